The number of esters is 3. The molecule has 4 saturated carbocycles. The van der Waals surface area contributed by atoms with Gasteiger partial charge in [-0.05, 0) is 84.0 Å². The second-order valence-electron chi connectivity index (χ2n) is 10.4. The summed E-state index contributed by atoms with van der Waals surface area (Å²) in [6.07, 6.45) is 6.71. The van der Waals surface area contributed by atoms with Crippen LogP contribution < -0.4 is 10.6 Å². The Kier molecular flexibility index (Phi) is 7.24. The smallest absolute Gasteiger partial charge is 0.337 e. The maximum atomic E-state index is 13.3. The Morgan fingerprint density at radius 2 is 1.29 bits per heavy atom. The molecule has 5 rings (SSSR count). The van der Waals surface area contributed by atoms with Gasteiger partial charge in [0.15, 0.2) is 6.61 Å². The van der Waals surface area contributed by atoms with Gasteiger partial charge in [0.25, 0.3) is 5.91 Å². The Morgan fingerprint density at radius 1 is 0.829 bits per heavy atom. The molecule has 35 heavy (non-hydrogen) atoms. The van der Waals surface area contributed by atoms with Crippen LogP contribution >= 0.6 is 0 Å². The first kappa shape index (κ1) is 25.3. The van der Waals surface area contributed by atoms with Gasteiger partial charge >= 0.3 is 17.9 Å². The molecule has 0 radical (unpaired) electrons. The summed E-state index contributed by atoms with van der Waals surface area (Å²) in [5.74, 6) is -2.03. The van der Waals surface area contributed by atoms with E-state index in [4.69, 9.17) is 14.2 Å². The number of nitrogens with one attached hydrogen (secondary N) is 2. The van der Waals surface area contributed by atoms with Gasteiger partial charge in [-0.3, -0.25) is 9.59 Å². The van der Waals surface area contributed by atoms with Crippen LogP contribution in [0.25, 0.3) is 0 Å². The Morgan fingerprint density at radius 3 is 1.71 bits per heavy atom. The van der Waals surface area contributed by atoms with Crippen LogP contribution in [0.15, 0.2) is 22.5 Å². The minimum Gasteiger partial charge on any atom is -0.463 e. The molecule has 0 atom stereocenters. The summed E-state index contributed by atoms with van der Waals surface area (Å²) in [6, 6.07) is 0. The van der Waals surface area contributed by atoms with Crippen LogP contribution in [0.3, 0.4) is 0 Å². The molecule has 5 aliphatic rings. The fourth-order valence-corrected chi connectivity index (χ4v) is 7.00. The predicted molar refractivity (Wildman–Crippen MR) is 125 cm³/mol. The highest BCUT2D eigenvalue weighted by molar-refractivity contribution is 6.05. The average molecular weight is 489 g/mol. The molecule has 4 bridgehead atoms. The van der Waals surface area contributed by atoms with E-state index in [2.05, 4.69) is 10.6 Å². The van der Waals surface area contributed by atoms with Crippen molar-refractivity contribution in [3.63, 3.8) is 0 Å². The lowest BCUT2D eigenvalue weighted by Crippen LogP contribution is -2.60. The number of ether oxygens (including phenoxy) is 3. The Balaban J connectivity index is 1.48. The molecule has 0 aromatic heterocycles. The van der Waals surface area contributed by atoms with Gasteiger partial charge in [-0.2, -0.15) is 0 Å². The molecule has 0 unspecified atom stereocenters. The molecule has 1 heterocycles. The molecule has 1 aliphatic heterocycles. The first-order chi connectivity index (χ1) is 16.7. The lowest BCUT2D eigenvalue weighted by molar-refractivity contribution is -0.155. The molecule has 9 heteroatoms. The highest BCUT2D eigenvalue weighted by atomic mass is 16.5. The van der Waals surface area contributed by atoms with Gasteiger partial charge in [-0.1, -0.05) is 0 Å². The molecule has 9 nitrogen and oxygen atoms in total. The van der Waals surface area contributed by atoms with E-state index in [0.29, 0.717) is 29.1 Å². The van der Waals surface area contributed by atoms with Crippen LogP contribution in [0.1, 0.15) is 66.2 Å². The highest BCUT2D eigenvalue weighted by Crippen LogP contribution is 2.55. The number of allylic oxidation sites excluding steroid dienone is 2. The summed E-state index contributed by atoms with van der Waals surface area (Å²) in [6.45, 7) is 6.27. The zero-order chi connectivity index (χ0) is 25.3. The summed E-state index contributed by atoms with van der Waals surface area (Å²) < 4.78 is 15.7. The largest absolute Gasteiger partial charge is 0.463 e. The van der Waals surface area contributed by atoms with Crippen molar-refractivity contribution in [3.8, 4) is 0 Å². The van der Waals surface area contributed by atoms with E-state index < -0.39 is 30.4 Å². The SMILES string of the molecule is CCOC(=O)C1=C(C)NC(C)=C(C(=O)OCC)C1C(=O)OCC(=O)NC12CC3CC(CC(C3)C1)C2. The molecule has 0 saturated heterocycles. The van der Waals surface area contributed by atoms with Crippen molar-refractivity contribution in [1.29, 1.82) is 0 Å². The summed E-state index contributed by atoms with van der Waals surface area (Å²) in [5.41, 5.74) is 0.522. The molecule has 192 valence electrons. The van der Waals surface area contributed by atoms with Crippen molar-refractivity contribution in [3.05, 3.63) is 22.5 Å². The molecule has 2 N–H and O–H groups in total. The second-order valence-corrected chi connectivity index (χ2v) is 10.4. The van der Waals surface area contributed by atoms with Crippen molar-refractivity contribution >= 4 is 23.8 Å². The van der Waals surface area contributed by atoms with Gasteiger partial charge in [0.2, 0.25) is 0 Å². The zero-order valence-electron chi connectivity index (χ0n) is 21.0. The highest BCUT2D eigenvalue weighted by Gasteiger charge is 2.51. The van der Waals surface area contributed by atoms with Gasteiger partial charge in [0, 0.05) is 16.9 Å². The number of carbonyl (C=O) groups is 4. The molecule has 4 aliphatic carbocycles. The van der Waals surface area contributed by atoms with Crippen LogP contribution in [-0.4, -0.2) is 49.2 Å². The third-order valence-electron chi connectivity index (χ3n) is 7.78. The Bertz CT molecular complexity index is 905. The molecule has 4 fully saturated rings. The van der Waals surface area contributed by atoms with Gasteiger partial charge in [-0.15, -0.1) is 0 Å². The third kappa shape index (κ3) is 5.09. The first-order valence-corrected chi connectivity index (χ1v) is 12.7. The number of dihydropyridines is 1. The van der Waals surface area contributed by atoms with E-state index in [1.165, 1.54) is 19.3 Å². The second kappa shape index (κ2) is 10.0. The first-order valence-electron chi connectivity index (χ1n) is 12.7. The summed E-state index contributed by atoms with van der Waals surface area (Å²) in [7, 11) is 0. The standard InChI is InChI=1S/C26H36N2O7/c1-5-33-23(30)20-14(3)27-15(4)21(24(31)34-6-2)22(20)25(32)35-13-19(29)28-26-10-16-7-17(11-26)9-18(8-16)12-26/h16-18,22,27H,5-13H2,1-4H3,(H,28,29). The minimum atomic E-state index is -1.35. The molecular formula is C26H36N2O7. The molecule has 0 aromatic rings. The molecule has 0 spiro atoms. The number of rotatable bonds is 8. The van der Waals surface area contributed by atoms with E-state index in [9.17, 15) is 19.2 Å². The average Bonchev–Trinajstić information content (AvgIpc) is 2.75. The van der Waals surface area contributed by atoms with Gasteiger partial charge in [-0.25, -0.2) is 9.59 Å². The van der Waals surface area contributed by atoms with Crippen LogP contribution in [0.2, 0.25) is 0 Å². The minimum absolute atomic E-state index is 0.0213. The normalized spacial score (nSPS) is 29.5. The Hall–Kier alpha value is -2.84. The zero-order valence-corrected chi connectivity index (χ0v) is 21.0. The van der Waals surface area contributed by atoms with E-state index in [1.54, 1.807) is 27.7 Å². The molecule has 0 aromatic carbocycles. The van der Waals surface area contributed by atoms with Crippen molar-refractivity contribution < 1.29 is 33.4 Å². The monoisotopic (exact) mass is 488 g/mol. The lowest BCUT2D eigenvalue weighted by atomic mass is 9.53. The van der Waals surface area contributed by atoms with E-state index >= 15 is 0 Å². The fourth-order valence-electron chi connectivity index (χ4n) is 7.00. The van der Waals surface area contributed by atoms with Crippen LogP contribution in [-0.2, 0) is 33.4 Å². The third-order valence-corrected chi connectivity index (χ3v) is 7.78. The molecule has 1 amide bonds. The maximum absolute atomic E-state index is 13.3. The van der Waals surface area contributed by atoms with E-state index in [1.807, 2.05) is 0 Å². The molecular weight excluding hydrogens is 452 g/mol. The topological polar surface area (TPSA) is 120 Å². The summed E-state index contributed by atoms with van der Waals surface area (Å²) in [5, 5.41) is 6.14. The van der Waals surface area contributed by atoms with Crippen LogP contribution in [0, 0.1) is 23.7 Å². The number of hydrogen-bond donors (Lipinski definition) is 2. The predicted octanol–water partition coefficient (Wildman–Crippen LogP) is 2.51. The summed E-state index contributed by atoms with van der Waals surface area (Å²) >= 11 is 0. The van der Waals surface area contributed by atoms with Crippen LogP contribution in [0.5, 0.6) is 0 Å². The van der Waals surface area contributed by atoms with Crippen LogP contribution in [0.4, 0.5) is 0 Å². The number of hydrogen-bond acceptors (Lipinski definition) is 8. The Labute approximate surface area is 206 Å². The van der Waals surface area contributed by atoms with Gasteiger partial charge < -0.3 is 24.8 Å². The van der Waals surface area contributed by atoms with Crippen molar-refractivity contribution in [2.45, 2.75) is 71.8 Å². The number of carbonyl (C=O) groups excluding carboxylic acids is 4. The quantitative estimate of drug-likeness (QED) is 0.395. The van der Waals surface area contributed by atoms with Crippen molar-refractivity contribution in [2.24, 2.45) is 23.7 Å². The lowest BCUT2D eigenvalue weighted by Gasteiger charge is -2.56. The summed E-state index contributed by atoms with van der Waals surface area (Å²) in [4.78, 5) is 51.6. The van der Waals surface area contributed by atoms with E-state index in [0.717, 1.165) is 19.3 Å². The maximum Gasteiger partial charge on any atom is 0.337 e. The van der Waals surface area contributed by atoms with Gasteiger partial charge in [0.05, 0.1) is 24.4 Å². The fraction of sp³-hybridized carbons (Fsp3) is 0.692. The van der Waals surface area contributed by atoms with Crippen molar-refractivity contribution in [1.82, 2.24) is 10.6 Å². The van der Waals surface area contributed by atoms with Crippen molar-refractivity contribution in [2.75, 3.05) is 19.8 Å². The van der Waals surface area contributed by atoms with Gasteiger partial charge in [0.1, 0.15) is 5.92 Å². The van der Waals surface area contributed by atoms with E-state index in [-0.39, 0.29) is 35.8 Å². The number of amides is 1.